The SMILES string of the molecule is CSCCC(C)N(C)c1cc(C)c(F)cc1N. The fourth-order valence-corrected chi connectivity index (χ4v) is 2.28. The molecule has 0 aliphatic heterocycles. The van der Waals surface area contributed by atoms with Crippen LogP contribution in [0.4, 0.5) is 15.8 Å². The van der Waals surface area contributed by atoms with Crippen LogP contribution in [0.3, 0.4) is 0 Å². The summed E-state index contributed by atoms with van der Waals surface area (Å²) in [5.74, 6) is 0.877. The first kappa shape index (κ1) is 14.2. The van der Waals surface area contributed by atoms with Crippen molar-refractivity contribution in [1.82, 2.24) is 0 Å². The zero-order valence-corrected chi connectivity index (χ0v) is 11.8. The molecule has 1 rings (SSSR count). The van der Waals surface area contributed by atoms with Crippen molar-refractivity contribution in [2.45, 2.75) is 26.3 Å². The molecule has 1 aromatic rings. The minimum absolute atomic E-state index is 0.239. The molecule has 0 saturated carbocycles. The number of hydrogen-bond donors (Lipinski definition) is 1. The third kappa shape index (κ3) is 3.53. The Labute approximate surface area is 107 Å². The first-order chi connectivity index (χ1) is 7.97. The van der Waals surface area contributed by atoms with Gasteiger partial charge in [0.2, 0.25) is 0 Å². The van der Waals surface area contributed by atoms with E-state index in [4.69, 9.17) is 5.73 Å². The molecule has 96 valence electrons. The van der Waals surface area contributed by atoms with Gasteiger partial charge in [0, 0.05) is 13.1 Å². The Hall–Kier alpha value is -0.900. The van der Waals surface area contributed by atoms with Crippen molar-refractivity contribution >= 4 is 23.1 Å². The number of anilines is 2. The Morgan fingerprint density at radius 2 is 2.12 bits per heavy atom. The lowest BCUT2D eigenvalue weighted by molar-refractivity contribution is 0.617. The zero-order chi connectivity index (χ0) is 13.0. The van der Waals surface area contributed by atoms with Crippen LogP contribution in [0.15, 0.2) is 12.1 Å². The van der Waals surface area contributed by atoms with Crippen LogP contribution < -0.4 is 10.6 Å². The van der Waals surface area contributed by atoms with Crippen molar-refractivity contribution in [1.29, 1.82) is 0 Å². The zero-order valence-electron chi connectivity index (χ0n) is 11.0. The Morgan fingerprint density at radius 1 is 1.47 bits per heavy atom. The van der Waals surface area contributed by atoms with E-state index in [1.165, 1.54) is 6.07 Å². The van der Waals surface area contributed by atoms with Crippen LogP contribution in [0.1, 0.15) is 18.9 Å². The highest BCUT2D eigenvalue weighted by molar-refractivity contribution is 7.98. The summed E-state index contributed by atoms with van der Waals surface area (Å²) in [6.45, 7) is 3.92. The van der Waals surface area contributed by atoms with Crippen molar-refractivity contribution in [2.75, 3.05) is 29.7 Å². The number of nitrogen functional groups attached to an aromatic ring is 1. The van der Waals surface area contributed by atoms with Gasteiger partial charge in [-0.25, -0.2) is 4.39 Å². The molecule has 17 heavy (non-hydrogen) atoms. The molecule has 1 unspecified atom stereocenters. The Kier molecular flexibility index (Phi) is 5.12. The van der Waals surface area contributed by atoms with E-state index in [1.54, 1.807) is 6.92 Å². The van der Waals surface area contributed by atoms with Gasteiger partial charge in [-0.3, -0.25) is 0 Å². The molecule has 1 atom stereocenters. The number of hydrogen-bond acceptors (Lipinski definition) is 3. The standard InChI is InChI=1S/C13H21FN2S/c1-9-7-13(12(15)8-11(9)14)16(3)10(2)5-6-17-4/h7-8,10H,5-6,15H2,1-4H3. The number of thioether (sulfide) groups is 1. The summed E-state index contributed by atoms with van der Waals surface area (Å²) in [6.07, 6.45) is 3.19. The number of benzene rings is 1. The molecule has 0 aromatic heterocycles. The second kappa shape index (κ2) is 6.15. The lowest BCUT2D eigenvalue weighted by Crippen LogP contribution is -2.30. The quantitative estimate of drug-likeness (QED) is 0.820. The number of aryl methyl sites for hydroxylation is 1. The second-order valence-electron chi connectivity index (χ2n) is 4.40. The summed E-state index contributed by atoms with van der Waals surface area (Å²) in [7, 11) is 2.01. The van der Waals surface area contributed by atoms with Gasteiger partial charge in [-0.05, 0) is 50.0 Å². The molecule has 4 heteroatoms. The predicted molar refractivity (Wildman–Crippen MR) is 76.4 cm³/mol. The van der Waals surface area contributed by atoms with Gasteiger partial charge in [0.25, 0.3) is 0 Å². The van der Waals surface area contributed by atoms with Crippen LogP contribution in [0.5, 0.6) is 0 Å². The summed E-state index contributed by atoms with van der Waals surface area (Å²) in [4.78, 5) is 2.12. The van der Waals surface area contributed by atoms with Gasteiger partial charge in [0.15, 0.2) is 0 Å². The maximum absolute atomic E-state index is 13.3. The average Bonchev–Trinajstić information content (AvgIpc) is 2.29. The molecular formula is C13H21FN2S. The van der Waals surface area contributed by atoms with Crippen molar-refractivity contribution < 1.29 is 4.39 Å². The Balaban J connectivity index is 2.88. The van der Waals surface area contributed by atoms with Crippen LogP contribution in [-0.2, 0) is 0 Å². The number of nitrogens with zero attached hydrogens (tertiary/aromatic N) is 1. The Morgan fingerprint density at radius 3 is 2.71 bits per heavy atom. The maximum Gasteiger partial charge on any atom is 0.128 e. The molecule has 1 aromatic carbocycles. The maximum atomic E-state index is 13.3. The first-order valence-electron chi connectivity index (χ1n) is 5.74. The van der Waals surface area contributed by atoms with Crippen LogP contribution in [0.25, 0.3) is 0 Å². The van der Waals surface area contributed by atoms with E-state index in [2.05, 4.69) is 18.1 Å². The monoisotopic (exact) mass is 256 g/mol. The van der Waals surface area contributed by atoms with Gasteiger partial charge in [0.05, 0.1) is 11.4 Å². The highest BCUT2D eigenvalue weighted by Gasteiger charge is 2.14. The minimum atomic E-state index is -0.239. The third-order valence-electron chi connectivity index (χ3n) is 3.09. The van der Waals surface area contributed by atoms with Gasteiger partial charge in [0.1, 0.15) is 5.82 Å². The highest BCUT2D eigenvalue weighted by Crippen LogP contribution is 2.27. The van der Waals surface area contributed by atoms with Crippen LogP contribution in [0, 0.1) is 12.7 Å². The Bertz CT molecular complexity index is 382. The number of rotatable bonds is 5. The van der Waals surface area contributed by atoms with E-state index in [0.717, 1.165) is 17.9 Å². The lowest BCUT2D eigenvalue weighted by atomic mass is 10.1. The topological polar surface area (TPSA) is 29.3 Å². The summed E-state index contributed by atoms with van der Waals surface area (Å²) in [5.41, 5.74) is 7.93. The van der Waals surface area contributed by atoms with E-state index >= 15 is 0 Å². The summed E-state index contributed by atoms with van der Waals surface area (Å²) >= 11 is 1.83. The summed E-state index contributed by atoms with van der Waals surface area (Å²) in [5, 5.41) is 0. The van der Waals surface area contributed by atoms with Gasteiger partial charge in [-0.1, -0.05) is 0 Å². The minimum Gasteiger partial charge on any atom is -0.397 e. The largest absolute Gasteiger partial charge is 0.397 e. The van der Waals surface area contributed by atoms with Crippen molar-refractivity contribution in [3.8, 4) is 0 Å². The molecule has 0 aliphatic rings. The van der Waals surface area contributed by atoms with Crippen molar-refractivity contribution in [3.05, 3.63) is 23.5 Å². The van der Waals surface area contributed by atoms with Crippen LogP contribution >= 0.6 is 11.8 Å². The molecule has 2 N–H and O–H groups in total. The summed E-state index contributed by atoms with van der Waals surface area (Å²) in [6, 6.07) is 3.62. The lowest BCUT2D eigenvalue weighted by Gasteiger charge is -2.28. The molecule has 0 aliphatic carbocycles. The van der Waals surface area contributed by atoms with E-state index in [1.807, 2.05) is 24.9 Å². The normalized spacial score (nSPS) is 12.5. The average molecular weight is 256 g/mol. The van der Waals surface area contributed by atoms with E-state index in [0.29, 0.717) is 17.3 Å². The molecule has 2 nitrogen and oxygen atoms in total. The molecule has 0 bridgehead atoms. The van der Waals surface area contributed by atoms with Crippen LogP contribution in [-0.4, -0.2) is 25.1 Å². The molecule has 0 heterocycles. The molecule has 0 spiro atoms. The van der Waals surface area contributed by atoms with E-state index in [9.17, 15) is 4.39 Å². The second-order valence-corrected chi connectivity index (χ2v) is 5.39. The highest BCUT2D eigenvalue weighted by atomic mass is 32.2. The number of nitrogens with two attached hydrogens (primary N) is 1. The molecular weight excluding hydrogens is 235 g/mol. The fourth-order valence-electron chi connectivity index (χ4n) is 1.71. The van der Waals surface area contributed by atoms with Gasteiger partial charge < -0.3 is 10.6 Å². The predicted octanol–water partition coefficient (Wildman–Crippen LogP) is 3.29. The molecule has 0 amide bonds. The van der Waals surface area contributed by atoms with Crippen molar-refractivity contribution in [2.24, 2.45) is 0 Å². The number of halogens is 1. The van der Waals surface area contributed by atoms with E-state index in [-0.39, 0.29) is 5.82 Å². The fraction of sp³-hybridized carbons (Fsp3) is 0.538. The van der Waals surface area contributed by atoms with Gasteiger partial charge >= 0.3 is 0 Å². The molecule has 0 fully saturated rings. The smallest absolute Gasteiger partial charge is 0.128 e. The van der Waals surface area contributed by atoms with Gasteiger partial charge in [-0.2, -0.15) is 11.8 Å². The molecule has 0 radical (unpaired) electrons. The third-order valence-corrected chi connectivity index (χ3v) is 3.73. The van der Waals surface area contributed by atoms with Crippen molar-refractivity contribution in [3.63, 3.8) is 0 Å². The van der Waals surface area contributed by atoms with Crippen LogP contribution in [0.2, 0.25) is 0 Å². The summed E-state index contributed by atoms with van der Waals surface area (Å²) < 4.78 is 13.3. The molecule has 0 saturated heterocycles. The van der Waals surface area contributed by atoms with E-state index < -0.39 is 0 Å². The first-order valence-corrected chi connectivity index (χ1v) is 7.14. The van der Waals surface area contributed by atoms with Gasteiger partial charge in [-0.15, -0.1) is 0 Å².